The average molecular weight is 277 g/mol. The molecule has 0 radical (unpaired) electrons. The van der Waals surface area contributed by atoms with Gasteiger partial charge in [-0.3, -0.25) is 10.1 Å². The molecule has 20 heavy (non-hydrogen) atoms. The highest BCUT2D eigenvalue weighted by Crippen LogP contribution is 2.23. The molecule has 6 nitrogen and oxygen atoms in total. The van der Waals surface area contributed by atoms with Crippen LogP contribution in [0.4, 0.5) is 11.4 Å². The normalized spacial score (nSPS) is 11.9. The second-order valence-corrected chi connectivity index (χ2v) is 4.63. The summed E-state index contributed by atoms with van der Waals surface area (Å²) in [5.74, 6) is 0.205. The van der Waals surface area contributed by atoms with E-state index in [0.717, 1.165) is 12.8 Å². The molecule has 2 N–H and O–H groups in total. The van der Waals surface area contributed by atoms with E-state index < -0.39 is 11.0 Å². The number of rotatable bonds is 7. The predicted octanol–water partition coefficient (Wildman–Crippen LogP) is 2.68. The zero-order chi connectivity index (χ0) is 15.1. The van der Waals surface area contributed by atoms with Gasteiger partial charge in [0.05, 0.1) is 11.0 Å². The average Bonchev–Trinajstić information content (AvgIpc) is 2.46. The van der Waals surface area contributed by atoms with Gasteiger partial charge in [0.25, 0.3) is 5.69 Å². The molecule has 0 heterocycles. The topological polar surface area (TPSA) is 99.2 Å². The molecule has 0 aliphatic carbocycles. The summed E-state index contributed by atoms with van der Waals surface area (Å²) < 4.78 is 0. The van der Waals surface area contributed by atoms with Crippen molar-refractivity contribution in [3.63, 3.8) is 0 Å². The SMILES string of the molecule is CCC(CC)C(O)CNc1ccc(C#N)c([N+](=O)[O-])c1. The van der Waals surface area contributed by atoms with E-state index in [-0.39, 0.29) is 17.2 Å². The summed E-state index contributed by atoms with van der Waals surface area (Å²) in [5.41, 5.74) is 0.330. The smallest absolute Gasteiger partial charge is 0.289 e. The quantitative estimate of drug-likeness (QED) is 0.589. The largest absolute Gasteiger partial charge is 0.391 e. The number of nitro groups is 1. The van der Waals surface area contributed by atoms with Crippen LogP contribution >= 0.6 is 0 Å². The van der Waals surface area contributed by atoms with Crippen LogP contribution in [-0.4, -0.2) is 22.7 Å². The molecule has 1 rings (SSSR count). The van der Waals surface area contributed by atoms with E-state index in [1.165, 1.54) is 12.1 Å². The highest BCUT2D eigenvalue weighted by Gasteiger charge is 2.17. The Bertz CT molecular complexity index is 507. The van der Waals surface area contributed by atoms with Crippen LogP contribution in [0.2, 0.25) is 0 Å². The summed E-state index contributed by atoms with van der Waals surface area (Å²) >= 11 is 0. The molecule has 0 bridgehead atoms. The highest BCUT2D eigenvalue weighted by molar-refractivity contribution is 5.59. The van der Waals surface area contributed by atoms with Crippen molar-refractivity contribution >= 4 is 11.4 Å². The second kappa shape index (κ2) is 7.46. The molecular weight excluding hydrogens is 258 g/mol. The van der Waals surface area contributed by atoms with Crippen molar-refractivity contribution in [2.45, 2.75) is 32.8 Å². The van der Waals surface area contributed by atoms with E-state index in [1.54, 1.807) is 12.1 Å². The van der Waals surface area contributed by atoms with Gasteiger partial charge in [-0.15, -0.1) is 0 Å². The number of anilines is 1. The minimum atomic E-state index is -0.582. The first-order chi connectivity index (χ1) is 9.53. The minimum absolute atomic E-state index is 0.0288. The van der Waals surface area contributed by atoms with E-state index in [2.05, 4.69) is 5.32 Å². The van der Waals surface area contributed by atoms with Gasteiger partial charge in [-0.2, -0.15) is 5.26 Å². The van der Waals surface area contributed by atoms with Gasteiger partial charge in [-0.25, -0.2) is 0 Å². The summed E-state index contributed by atoms with van der Waals surface area (Å²) in [6, 6.07) is 6.11. The number of aliphatic hydroxyl groups excluding tert-OH is 1. The van der Waals surface area contributed by atoms with E-state index >= 15 is 0 Å². The number of aliphatic hydroxyl groups is 1. The number of nitriles is 1. The molecule has 0 saturated carbocycles. The fourth-order valence-corrected chi connectivity index (χ4v) is 2.11. The summed E-state index contributed by atoms with van der Waals surface area (Å²) in [6.07, 6.45) is 1.26. The van der Waals surface area contributed by atoms with Gasteiger partial charge < -0.3 is 10.4 Å². The maximum absolute atomic E-state index is 10.8. The molecule has 108 valence electrons. The molecule has 1 aromatic carbocycles. The third-order valence-corrected chi connectivity index (χ3v) is 3.42. The Balaban J connectivity index is 2.77. The van der Waals surface area contributed by atoms with E-state index in [4.69, 9.17) is 5.26 Å². The molecule has 1 atom stereocenters. The molecule has 1 unspecified atom stereocenters. The van der Waals surface area contributed by atoms with E-state index in [9.17, 15) is 15.2 Å². The molecule has 0 aromatic heterocycles. The Labute approximate surface area is 118 Å². The monoisotopic (exact) mass is 277 g/mol. The lowest BCUT2D eigenvalue weighted by atomic mass is 9.96. The molecule has 0 amide bonds. The molecule has 0 aliphatic heterocycles. The Hall–Kier alpha value is -2.13. The standard InChI is InChI=1S/C14H19N3O3/c1-3-10(4-2)14(18)9-16-12-6-5-11(8-15)13(7-12)17(19)20/h5-7,10,14,16,18H,3-4,9H2,1-2H3. The van der Waals surface area contributed by atoms with Crippen molar-refractivity contribution < 1.29 is 10.0 Å². The van der Waals surface area contributed by atoms with Crippen LogP contribution in [0.5, 0.6) is 0 Å². The second-order valence-electron chi connectivity index (χ2n) is 4.63. The zero-order valence-electron chi connectivity index (χ0n) is 11.7. The van der Waals surface area contributed by atoms with Gasteiger partial charge >= 0.3 is 0 Å². The fourth-order valence-electron chi connectivity index (χ4n) is 2.11. The van der Waals surface area contributed by atoms with Crippen molar-refractivity contribution in [1.29, 1.82) is 5.26 Å². The molecule has 0 saturated heterocycles. The summed E-state index contributed by atoms with van der Waals surface area (Å²) in [4.78, 5) is 10.3. The molecule has 0 fully saturated rings. The maximum atomic E-state index is 10.8. The van der Waals surface area contributed by atoms with Crippen LogP contribution in [0.25, 0.3) is 0 Å². The first kappa shape index (κ1) is 15.9. The van der Waals surface area contributed by atoms with Crippen molar-refractivity contribution in [1.82, 2.24) is 0 Å². The summed E-state index contributed by atoms with van der Waals surface area (Å²) in [5, 5.41) is 32.6. The molecule has 0 spiro atoms. The number of nitro benzene ring substituents is 1. The number of hydrogen-bond donors (Lipinski definition) is 2. The third-order valence-electron chi connectivity index (χ3n) is 3.42. The van der Waals surface area contributed by atoms with Gasteiger partial charge in [-0.05, 0) is 18.1 Å². The maximum Gasteiger partial charge on any atom is 0.289 e. The summed E-state index contributed by atoms with van der Waals surface area (Å²) in [7, 11) is 0. The van der Waals surface area contributed by atoms with Crippen molar-refractivity contribution in [3.05, 3.63) is 33.9 Å². The van der Waals surface area contributed by atoms with E-state index in [0.29, 0.717) is 12.2 Å². The van der Waals surface area contributed by atoms with Crippen LogP contribution in [0.3, 0.4) is 0 Å². The summed E-state index contributed by atoms with van der Waals surface area (Å²) in [6.45, 7) is 4.36. The van der Waals surface area contributed by atoms with Crippen molar-refractivity contribution in [2.75, 3.05) is 11.9 Å². The highest BCUT2D eigenvalue weighted by atomic mass is 16.6. The number of benzene rings is 1. The zero-order valence-corrected chi connectivity index (χ0v) is 11.7. The first-order valence-electron chi connectivity index (χ1n) is 6.63. The van der Waals surface area contributed by atoms with Gasteiger partial charge in [0.15, 0.2) is 0 Å². The Kier molecular flexibility index (Phi) is 5.94. The first-order valence-corrected chi connectivity index (χ1v) is 6.63. The van der Waals surface area contributed by atoms with Gasteiger partial charge in [0.1, 0.15) is 11.6 Å². The van der Waals surface area contributed by atoms with Gasteiger partial charge in [0, 0.05) is 18.3 Å². The van der Waals surface area contributed by atoms with E-state index in [1.807, 2.05) is 13.8 Å². The number of hydrogen-bond acceptors (Lipinski definition) is 5. The lowest BCUT2D eigenvalue weighted by molar-refractivity contribution is -0.385. The van der Waals surface area contributed by atoms with Crippen molar-refractivity contribution in [3.8, 4) is 6.07 Å². The van der Waals surface area contributed by atoms with Gasteiger partial charge in [0.2, 0.25) is 0 Å². The number of nitrogens with one attached hydrogen (secondary N) is 1. The van der Waals surface area contributed by atoms with Crippen LogP contribution in [0.15, 0.2) is 18.2 Å². The lowest BCUT2D eigenvalue weighted by Crippen LogP contribution is -2.27. The molecule has 0 aliphatic rings. The van der Waals surface area contributed by atoms with Crippen LogP contribution in [0.1, 0.15) is 32.3 Å². The van der Waals surface area contributed by atoms with Crippen molar-refractivity contribution in [2.24, 2.45) is 5.92 Å². The van der Waals surface area contributed by atoms with Gasteiger partial charge in [-0.1, -0.05) is 26.7 Å². The number of nitrogens with zero attached hydrogens (tertiary/aromatic N) is 2. The van der Waals surface area contributed by atoms with Crippen LogP contribution in [0, 0.1) is 27.4 Å². The minimum Gasteiger partial charge on any atom is -0.391 e. The fraction of sp³-hybridized carbons (Fsp3) is 0.500. The Morgan fingerprint density at radius 3 is 2.60 bits per heavy atom. The molecule has 1 aromatic rings. The van der Waals surface area contributed by atoms with Crippen LogP contribution < -0.4 is 5.32 Å². The predicted molar refractivity (Wildman–Crippen MR) is 76.4 cm³/mol. The Morgan fingerprint density at radius 1 is 1.45 bits per heavy atom. The molecule has 6 heteroatoms. The van der Waals surface area contributed by atoms with Crippen LogP contribution in [-0.2, 0) is 0 Å². The Morgan fingerprint density at radius 2 is 2.10 bits per heavy atom. The third kappa shape index (κ3) is 3.93. The molecular formula is C14H19N3O3. The lowest BCUT2D eigenvalue weighted by Gasteiger charge is -2.20.